The van der Waals surface area contributed by atoms with E-state index in [0.29, 0.717) is 15.3 Å². The van der Waals surface area contributed by atoms with E-state index in [1.54, 1.807) is 25.3 Å². The lowest BCUT2D eigenvalue weighted by molar-refractivity contribution is 0.603. The van der Waals surface area contributed by atoms with E-state index in [2.05, 4.69) is 30.6 Å². The zero-order valence-electron chi connectivity index (χ0n) is 8.71. The molecule has 0 unspecified atom stereocenters. The molecule has 8 heteroatoms. The van der Waals surface area contributed by atoms with E-state index < -0.39 is 10.0 Å². The normalized spacial score (nSPS) is 11.4. The van der Waals surface area contributed by atoms with Crippen LogP contribution in [-0.4, -0.2) is 18.4 Å². The van der Waals surface area contributed by atoms with Crippen LogP contribution in [0.3, 0.4) is 0 Å². The number of hydrogen-bond donors (Lipinski definition) is 1. The number of thiazole rings is 1. The first-order chi connectivity index (χ1) is 7.99. The Bertz CT molecular complexity index is 639. The van der Waals surface area contributed by atoms with Crippen LogP contribution in [0, 0.1) is 6.92 Å². The van der Waals surface area contributed by atoms with Gasteiger partial charge in [0.25, 0.3) is 10.0 Å². The second-order valence-electron chi connectivity index (χ2n) is 3.15. The van der Waals surface area contributed by atoms with Gasteiger partial charge >= 0.3 is 0 Å². The summed E-state index contributed by atoms with van der Waals surface area (Å²) in [7, 11) is -3.58. The van der Waals surface area contributed by atoms with E-state index in [1.807, 2.05) is 0 Å². The van der Waals surface area contributed by atoms with Crippen LogP contribution in [0.5, 0.6) is 0 Å². The van der Waals surface area contributed by atoms with Gasteiger partial charge in [-0.3, -0.25) is 4.72 Å². The molecule has 0 atom stereocenters. The Labute approximate surface area is 111 Å². The zero-order chi connectivity index (χ0) is 12.5. The Morgan fingerprint density at radius 3 is 2.76 bits per heavy atom. The second-order valence-corrected chi connectivity index (χ2v) is 7.04. The molecule has 5 nitrogen and oxygen atoms in total. The highest BCUT2D eigenvalue weighted by atomic mass is 79.9. The van der Waals surface area contributed by atoms with E-state index in [9.17, 15) is 8.42 Å². The van der Waals surface area contributed by atoms with Crippen LogP contribution in [0.15, 0.2) is 33.3 Å². The highest BCUT2D eigenvalue weighted by molar-refractivity contribution is 9.10. The molecule has 1 N–H and O–H groups in total. The van der Waals surface area contributed by atoms with Gasteiger partial charge in [0, 0.05) is 6.20 Å². The molecular weight excluding hydrogens is 326 g/mol. The van der Waals surface area contributed by atoms with E-state index in [-0.39, 0.29) is 4.21 Å². The molecule has 90 valence electrons. The first kappa shape index (κ1) is 12.5. The molecule has 2 rings (SSSR count). The number of nitrogens with one attached hydrogen (secondary N) is 1. The monoisotopic (exact) mass is 333 g/mol. The van der Waals surface area contributed by atoms with Crippen LogP contribution in [0.2, 0.25) is 0 Å². The van der Waals surface area contributed by atoms with Gasteiger partial charge in [0.15, 0.2) is 4.21 Å². The lowest BCUT2D eigenvalue weighted by atomic mass is 10.4. The van der Waals surface area contributed by atoms with Crippen molar-refractivity contribution in [2.75, 3.05) is 4.72 Å². The van der Waals surface area contributed by atoms with Gasteiger partial charge in [-0.1, -0.05) is 0 Å². The lowest BCUT2D eigenvalue weighted by Gasteiger charge is -2.06. The number of aryl methyl sites for hydroxylation is 1. The summed E-state index contributed by atoms with van der Waals surface area (Å²) in [6, 6.07) is 3.28. The van der Waals surface area contributed by atoms with Gasteiger partial charge in [-0.25, -0.2) is 18.4 Å². The minimum atomic E-state index is -3.58. The summed E-state index contributed by atoms with van der Waals surface area (Å²) < 4.78 is 27.0. The Kier molecular flexibility index (Phi) is 3.45. The predicted molar refractivity (Wildman–Crippen MR) is 69.6 cm³/mol. The largest absolute Gasteiger partial charge is 0.276 e. The molecule has 2 aromatic heterocycles. The summed E-state index contributed by atoms with van der Waals surface area (Å²) >= 11 is 4.30. The molecule has 0 aliphatic rings. The highest BCUT2D eigenvalue weighted by Gasteiger charge is 2.18. The molecule has 0 spiro atoms. The maximum atomic E-state index is 12.0. The smallest absolute Gasteiger partial charge is 0.273 e. The van der Waals surface area contributed by atoms with Crippen LogP contribution in [0.4, 0.5) is 5.69 Å². The second kappa shape index (κ2) is 4.71. The molecule has 0 aliphatic carbocycles. The minimum Gasteiger partial charge on any atom is -0.276 e. The number of aromatic nitrogens is 2. The minimum absolute atomic E-state index is 0.186. The van der Waals surface area contributed by atoms with Gasteiger partial charge < -0.3 is 0 Å². The van der Waals surface area contributed by atoms with E-state index in [1.165, 1.54) is 6.20 Å². The SMILES string of the molecule is Cc1ncc(S(=O)(=O)Nc2cccnc2Br)s1. The summed E-state index contributed by atoms with van der Waals surface area (Å²) in [6.07, 6.45) is 2.91. The van der Waals surface area contributed by atoms with E-state index in [0.717, 1.165) is 11.3 Å². The fraction of sp³-hybridized carbons (Fsp3) is 0.111. The van der Waals surface area contributed by atoms with Crippen molar-refractivity contribution < 1.29 is 8.42 Å². The number of sulfonamides is 1. The molecule has 17 heavy (non-hydrogen) atoms. The van der Waals surface area contributed by atoms with Crippen LogP contribution in [0.1, 0.15) is 5.01 Å². The molecule has 0 amide bonds. The first-order valence-corrected chi connectivity index (χ1v) is 7.64. The quantitative estimate of drug-likeness (QED) is 0.875. The van der Waals surface area contributed by atoms with Crippen LogP contribution < -0.4 is 4.72 Å². The van der Waals surface area contributed by atoms with Crippen LogP contribution in [-0.2, 0) is 10.0 Å². The number of anilines is 1. The average Bonchev–Trinajstić information content (AvgIpc) is 2.69. The third-order valence-electron chi connectivity index (χ3n) is 1.87. The number of hydrogen-bond acceptors (Lipinski definition) is 5. The highest BCUT2D eigenvalue weighted by Crippen LogP contribution is 2.24. The molecule has 0 saturated heterocycles. The summed E-state index contributed by atoms with van der Waals surface area (Å²) in [4.78, 5) is 7.86. The Morgan fingerprint density at radius 1 is 1.41 bits per heavy atom. The Hall–Kier alpha value is -0.990. The van der Waals surface area contributed by atoms with Crippen molar-refractivity contribution in [3.8, 4) is 0 Å². The van der Waals surface area contributed by atoms with Crippen molar-refractivity contribution in [2.24, 2.45) is 0 Å². The summed E-state index contributed by atoms with van der Waals surface area (Å²) in [5.74, 6) is 0. The maximum absolute atomic E-state index is 12.0. The number of halogens is 1. The van der Waals surface area contributed by atoms with Crippen molar-refractivity contribution >= 4 is 43.0 Å². The van der Waals surface area contributed by atoms with Gasteiger partial charge in [0.2, 0.25) is 0 Å². The summed E-state index contributed by atoms with van der Waals surface area (Å²) in [5, 5.41) is 0.704. The van der Waals surface area contributed by atoms with Crippen molar-refractivity contribution in [3.05, 3.63) is 34.1 Å². The van der Waals surface area contributed by atoms with Crippen LogP contribution in [0.25, 0.3) is 0 Å². The molecule has 0 aliphatic heterocycles. The molecular formula is C9H8BrN3O2S2. The maximum Gasteiger partial charge on any atom is 0.273 e. The molecule has 0 bridgehead atoms. The van der Waals surface area contributed by atoms with Gasteiger partial charge in [-0.2, -0.15) is 0 Å². The fourth-order valence-corrected chi connectivity index (χ4v) is 3.78. The molecule has 0 fully saturated rings. The molecule has 0 saturated carbocycles. The topological polar surface area (TPSA) is 72.0 Å². The van der Waals surface area contributed by atoms with E-state index >= 15 is 0 Å². The summed E-state index contributed by atoms with van der Waals surface area (Å²) in [6.45, 7) is 1.75. The average molecular weight is 334 g/mol. The molecule has 0 radical (unpaired) electrons. The van der Waals surface area contributed by atoms with E-state index in [4.69, 9.17) is 0 Å². The Balaban J connectivity index is 2.33. The lowest BCUT2D eigenvalue weighted by Crippen LogP contribution is -2.12. The van der Waals surface area contributed by atoms with Gasteiger partial charge in [-0.15, -0.1) is 11.3 Å². The van der Waals surface area contributed by atoms with Gasteiger partial charge in [0.05, 0.1) is 16.9 Å². The third-order valence-corrected chi connectivity index (χ3v) is 5.24. The van der Waals surface area contributed by atoms with Crippen molar-refractivity contribution in [2.45, 2.75) is 11.1 Å². The van der Waals surface area contributed by atoms with Crippen molar-refractivity contribution in [1.82, 2.24) is 9.97 Å². The zero-order valence-corrected chi connectivity index (χ0v) is 11.9. The van der Waals surface area contributed by atoms with Gasteiger partial charge in [-0.05, 0) is 35.0 Å². The first-order valence-electron chi connectivity index (χ1n) is 4.55. The predicted octanol–water partition coefficient (Wildman–Crippen LogP) is 2.41. The molecule has 2 heterocycles. The van der Waals surface area contributed by atoms with Crippen molar-refractivity contribution in [1.29, 1.82) is 0 Å². The number of nitrogens with zero attached hydrogens (tertiary/aromatic N) is 2. The van der Waals surface area contributed by atoms with Crippen LogP contribution >= 0.6 is 27.3 Å². The Morgan fingerprint density at radius 2 is 2.18 bits per heavy atom. The fourth-order valence-electron chi connectivity index (χ4n) is 1.12. The summed E-state index contributed by atoms with van der Waals surface area (Å²) in [5.41, 5.74) is 0.401. The number of rotatable bonds is 3. The van der Waals surface area contributed by atoms with Crippen molar-refractivity contribution in [3.63, 3.8) is 0 Å². The molecule has 2 aromatic rings. The molecule has 0 aromatic carbocycles. The standard InChI is InChI=1S/C9H8BrN3O2S2/c1-6-12-5-8(16-6)17(14,15)13-7-3-2-4-11-9(7)10/h2-5,13H,1H3. The number of pyridine rings is 1. The van der Waals surface area contributed by atoms with Gasteiger partial charge in [0.1, 0.15) is 4.60 Å². The third kappa shape index (κ3) is 2.82.